The number of hydrogen-bond acceptors (Lipinski definition) is 6. The molecular weight excluding hydrogens is 391 g/mol. The van der Waals surface area contributed by atoms with Crippen molar-refractivity contribution in [1.82, 2.24) is 0 Å². The number of carbonyl (C=O) groups excluding carboxylic acids is 2. The molecule has 0 aromatic rings. The first-order chi connectivity index (χ1) is 8.78. The topological polar surface area (TPSA) is 80.3 Å². The Balaban J connectivity index is -0.000000224. The Bertz CT molecular complexity index is 246. The van der Waals surface area contributed by atoms with Crippen molar-refractivity contribution < 1.29 is 19.8 Å². The van der Waals surface area contributed by atoms with Crippen molar-refractivity contribution in [2.75, 3.05) is 0 Å². The van der Waals surface area contributed by atoms with E-state index < -0.39 is 22.4 Å². The van der Waals surface area contributed by atoms with Crippen molar-refractivity contribution in [2.24, 2.45) is 0 Å². The van der Waals surface area contributed by atoms with Crippen LogP contribution in [0.25, 0.3) is 0 Å². The second-order valence-corrected chi connectivity index (χ2v) is 7.32. The standard InChI is InChI=1S/2C5H8O2S.2CH3.Sn/c2*1-2-3-4(8)5(6)7;;;/h2*2,4,8H,1,3H2,(H,6,7);2*1H3;/q;;;;+2/p-2. The molecule has 19 heavy (non-hydrogen) atoms. The van der Waals surface area contributed by atoms with Crippen LogP contribution in [0.4, 0.5) is 0 Å². The van der Waals surface area contributed by atoms with Crippen molar-refractivity contribution in [2.45, 2.75) is 33.2 Å². The van der Waals surface area contributed by atoms with Gasteiger partial charge in [-0.05, 0) is 12.8 Å². The molecule has 0 heterocycles. The van der Waals surface area contributed by atoms with Crippen LogP contribution in [0.2, 0.25) is 9.88 Å². The van der Waals surface area contributed by atoms with Gasteiger partial charge in [0.2, 0.25) is 0 Å². The number of aliphatic carboxylic acids is 2. The summed E-state index contributed by atoms with van der Waals surface area (Å²) in [5.41, 5.74) is 0. The molecule has 7 heteroatoms. The maximum atomic E-state index is 9.85. The second-order valence-electron chi connectivity index (χ2n) is 3.22. The maximum absolute atomic E-state index is 9.85. The minimum absolute atomic E-state index is 0.230. The van der Waals surface area contributed by atoms with Crippen LogP contribution in [0, 0.1) is 0 Å². The van der Waals surface area contributed by atoms with E-state index in [1.807, 2.05) is 0 Å². The Kier molecular flexibility index (Phi) is 22.6. The molecule has 0 bridgehead atoms. The van der Waals surface area contributed by atoms with Crippen LogP contribution >= 0.6 is 25.3 Å². The van der Waals surface area contributed by atoms with E-state index in [1.165, 1.54) is 12.2 Å². The molecule has 0 N–H and O–H groups in total. The third-order valence-electron chi connectivity index (χ3n) is 1.32. The van der Waals surface area contributed by atoms with Gasteiger partial charge in [0.15, 0.2) is 0 Å². The molecule has 0 amide bonds. The average Bonchev–Trinajstić information content (AvgIpc) is 2.31. The zero-order valence-corrected chi connectivity index (χ0v) is 15.8. The Morgan fingerprint density at radius 2 is 1.26 bits per heavy atom. The first-order valence-electron chi connectivity index (χ1n) is 5.36. The SMILES string of the molecule is C=CCC(S)C(=O)[O-].C=CCC(S)C(=O)[O-].[CH3][Sn+2][CH3]. The molecule has 0 saturated carbocycles. The number of hydrogen-bond donors (Lipinski definition) is 2. The van der Waals surface area contributed by atoms with Gasteiger partial charge in [0.25, 0.3) is 0 Å². The van der Waals surface area contributed by atoms with Crippen molar-refractivity contribution in [3.63, 3.8) is 0 Å². The van der Waals surface area contributed by atoms with Crippen LogP contribution in [0.15, 0.2) is 25.3 Å². The van der Waals surface area contributed by atoms with Crippen LogP contribution in [0.3, 0.4) is 0 Å². The van der Waals surface area contributed by atoms with Gasteiger partial charge < -0.3 is 19.8 Å². The van der Waals surface area contributed by atoms with Crippen LogP contribution < -0.4 is 10.2 Å². The van der Waals surface area contributed by atoms with Crippen LogP contribution in [0.5, 0.6) is 0 Å². The minimum atomic E-state index is -1.15. The van der Waals surface area contributed by atoms with Gasteiger partial charge in [0, 0.05) is 10.5 Å². The molecule has 2 unspecified atom stereocenters. The number of carbonyl (C=O) groups is 2. The second kappa shape index (κ2) is 17.9. The summed E-state index contributed by atoms with van der Waals surface area (Å²) in [5, 5.41) is 18.3. The third kappa shape index (κ3) is 23.4. The van der Waals surface area contributed by atoms with Crippen molar-refractivity contribution in [3.8, 4) is 0 Å². The first kappa shape index (κ1) is 24.0. The molecule has 0 spiro atoms. The normalized spacial score (nSPS) is 11.2. The molecule has 0 aromatic carbocycles. The van der Waals surface area contributed by atoms with E-state index in [4.69, 9.17) is 0 Å². The predicted octanol–water partition coefficient (Wildman–Crippen LogP) is 0.00840. The molecule has 108 valence electrons. The quantitative estimate of drug-likeness (QED) is 0.367. The molecule has 4 nitrogen and oxygen atoms in total. The van der Waals surface area contributed by atoms with E-state index in [0.29, 0.717) is 12.8 Å². The zero-order chi connectivity index (χ0) is 15.8. The number of carboxylic acid groups (broad SMARTS) is 2. The Hall–Kier alpha value is -0.0813. The number of thiol groups is 2. The summed E-state index contributed by atoms with van der Waals surface area (Å²) < 4.78 is 0. The zero-order valence-electron chi connectivity index (χ0n) is 11.2. The van der Waals surface area contributed by atoms with E-state index in [-0.39, 0.29) is 21.1 Å². The predicted molar refractivity (Wildman–Crippen MR) is 82.7 cm³/mol. The summed E-state index contributed by atoms with van der Waals surface area (Å²) in [6, 6.07) is 0. The van der Waals surface area contributed by atoms with Crippen molar-refractivity contribution in [3.05, 3.63) is 25.3 Å². The van der Waals surface area contributed by atoms with E-state index in [9.17, 15) is 19.8 Å². The van der Waals surface area contributed by atoms with Gasteiger partial charge in [-0.1, -0.05) is 12.2 Å². The Labute approximate surface area is 136 Å². The Morgan fingerprint density at radius 1 is 1.05 bits per heavy atom. The molecule has 0 radical (unpaired) electrons. The van der Waals surface area contributed by atoms with E-state index in [2.05, 4.69) is 48.3 Å². The van der Waals surface area contributed by atoms with Crippen LogP contribution in [-0.4, -0.2) is 43.6 Å². The fraction of sp³-hybridized carbons (Fsp3) is 0.500. The van der Waals surface area contributed by atoms with Gasteiger partial charge in [0.05, 0.1) is 11.9 Å². The fourth-order valence-electron chi connectivity index (χ4n) is 0.508. The molecule has 0 saturated heterocycles. The molecule has 0 fully saturated rings. The summed E-state index contributed by atoms with van der Waals surface area (Å²) in [6.07, 6.45) is 3.69. The van der Waals surface area contributed by atoms with Gasteiger partial charge in [-0.15, -0.1) is 13.2 Å². The van der Waals surface area contributed by atoms with Gasteiger partial charge >= 0.3 is 31.0 Å². The van der Waals surface area contributed by atoms with Gasteiger partial charge in [0.1, 0.15) is 0 Å². The van der Waals surface area contributed by atoms with Crippen molar-refractivity contribution in [1.29, 1.82) is 0 Å². The van der Waals surface area contributed by atoms with Gasteiger partial charge in [-0.2, -0.15) is 25.3 Å². The molecule has 0 aliphatic rings. The summed E-state index contributed by atoms with van der Waals surface area (Å²) in [5.74, 6) is -2.29. The average molecular weight is 411 g/mol. The molecule has 0 rings (SSSR count). The molecular formula is C12H20O4S2Sn. The fourth-order valence-corrected chi connectivity index (χ4v) is 0.806. The molecule has 0 aliphatic heterocycles. The number of allylic oxidation sites excluding steroid dienone is 2. The molecule has 0 aromatic heterocycles. The third-order valence-corrected chi connectivity index (χ3v) is 2.17. The summed E-state index contributed by atoms with van der Waals surface area (Å²) in [4.78, 5) is 24.3. The first-order valence-corrected chi connectivity index (χ1v) is 12.1. The van der Waals surface area contributed by atoms with Crippen LogP contribution in [-0.2, 0) is 9.59 Å². The number of carboxylic acids is 2. The van der Waals surface area contributed by atoms with Crippen molar-refractivity contribution >= 4 is 58.3 Å². The van der Waals surface area contributed by atoms with E-state index >= 15 is 0 Å². The van der Waals surface area contributed by atoms with E-state index in [0.717, 1.165) is 0 Å². The Morgan fingerprint density at radius 3 is 1.32 bits per heavy atom. The monoisotopic (exact) mass is 412 g/mol. The van der Waals surface area contributed by atoms with E-state index in [1.54, 1.807) is 0 Å². The summed E-state index contributed by atoms with van der Waals surface area (Å²) >= 11 is 7.57. The van der Waals surface area contributed by atoms with Crippen LogP contribution in [0.1, 0.15) is 12.8 Å². The summed E-state index contributed by atoms with van der Waals surface area (Å²) in [6.45, 7) is 6.69. The molecule has 2 atom stereocenters. The van der Waals surface area contributed by atoms with Gasteiger partial charge in [-0.3, -0.25) is 0 Å². The molecule has 0 aliphatic carbocycles. The number of rotatable bonds is 6. The van der Waals surface area contributed by atoms with Gasteiger partial charge in [-0.25, -0.2) is 0 Å². The summed E-state index contributed by atoms with van der Waals surface area (Å²) in [7, 11) is 0.